The molecule has 0 saturated heterocycles. The highest BCUT2D eigenvalue weighted by Gasteiger charge is 2.32. The van der Waals surface area contributed by atoms with Gasteiger partial charge in [-0.05, 0) is 23.4 Å². The summed E-state index contributed by atoms with van der Waals surface area (Å²) >= 11 is 1.48. The molecule has 1 aromatic carbocycles. The van der Waals surface area contributed by atoms with E-state index in [1.54, 1.807) is 11.7 Å². The first-order valence-corrected chi connectivity index (χ1v) is 8.71. The molecule has 126 valence electrons. The average molecular weight is 345 g/mol. The number of amides is 1. The summed E-state index contributed by atoms with van der Waals surface area (Å²) in [5, 5.41) is 3.44. The molecule has 1 aliphatic heterocycles. The lowest BCUT2D eigenvalue weighted by molar-refractivity contribution is -0.116. The molecule has 1 N–H and O–H groups in total. The van der Waals surface area contributed by atoms with Crippen molar-refractivity contribution in [1.29, 1.82) is 0 Å². The van der Waals surface area contributed by atoms with Crippen LogP contribution in [0, 0.1) is 0 Å². The topological polar surface area (TPSA) is 73.2 Å². The van der Waals surface area contributed by atoms with Crippen LogP contribution in [-0.4, -0.2) is 28.3 Å². The smallest absolute Gasteiger partial charge is 0.279 e. The number of thioether (sulfide) groups is 1. The van der Waals surface area contributed by atoms with E-state index < -0.39 is 0 Å². The molecule has 0 spiro atoms. The average Bonchev–Trinajstić information content (AvgIpc) is 2.59. The fraction of sp³-hybridized carbons (Fsp3) is 0.353. The molecule has 1 unspecified atom stereocenters. The number of carbonyl (C=O) groups excluding carboxylic acids is 1. The van der Waals surface area contributed by atoms with Crippen LogP contribution in [0.4, 0.5) is 5.82 Å². The van der Waals surface area contributed by atoms with Gasteiger partial charge in [0.2, 0.25) is 5.91 Å². The van der Waals surface area contributed by atoms with Gasteiger partial charge in [0.05, 0.1) is 12.7 Å². The van der Waals surface area contributed by atoms with Crippen LogP contribution >= 0.6 is 11.8 Å². The number of rotatable bonds is 4. The van der Waals surface area contributed by atoms with Crippen molar-refractivity contribution in [2.75, 3.05) is 18.2 Å². The standard InChI is InChI=1S/C17H19N3O3S/c1-4-24-17-19-16(22)14-12(9-13(21)18-15(14)20(17)2)10-5-7-11(23-3)8-6-10/h5-8,12H,4,9H2,1-3H3,(H,18,21). The highest BCUT2D eigenvalue weighted by molar-refractivity contribution is 7.99. The van der Waals surface area contributed by atoms with E-state index in [0.29, 0.717) is 16.5 Å². The van der Waals surface area contributed by atoms with Crippen LogP contribution in [0.1, 0.15) is 30.4 Å². The maximum atomic E-state index is 12.6. The van der Waals surface area contributed by atoms with Crippen molar-refractivity contribution >= 4 is 23.5 Å². The summed E-state index contributed by atoms with van der Waals surface area (Å²) in [4.78, 5) is 29.0. The van der Waals surface area contributed by atoms with Crippen LogP contribution in [-0.2, 0) is 11.8 Å². The van der Waals surface area contributed by atoms with E-state index in [2.05, 4.69) is 10.3 Å². The Labute approximate surface area is 144 Å². The number of anilines is 1. The van der Waals surface area contributed by atoms with Crippen molar-refractivity contribution in [3.05, 3.63) is 45.7 Å². The molecule has 1 aliphatic rings. The zero-order chi connectivity index (χ0) is 17.3. The monoisotopic (exact) mass is 345 g/mol. The van der Waals surface area contributed by atoms with Crippen LogP contribution in [0.5, 0.6) is 5.75 Å². The highest BCUT2D eigenvalue weighted by atomic mass is 32.2. The highest BCUT2D eigenvalue weighted by Crippen LogP contribution is 2.36. The Morgan fingerprint density at radius 2 is 2.04 bits per heavy atom. The summed E-state index contributed by atoms with van der Waals surface area (Å²) in [7, 11) is 3.42. The van der Waals surface area contributed by atoms with Crippen molar-refractivity contribution in [3.63, 3.8) is 0 Å². The quantitative estimate of drug-likeness (QED) is 0.680. The van der Waals surface area contributed by atoms with Gasteiger partial charge in [0.15, 0.2) is 5.16 Å². The molecule has 24 heavy (non-hydrogen) atoms. The van der Waals surface area contributed by atoms with Gasteiger partial charge in [-0.2, -0.15) is 4.98 Å². The minimum atomic E-state index is -0.300. The molecular formula is C17H19N3O3S. The third-order valence-corrected chi connectivity index (χ3v) is 5.00. The van der Waals surface area contributed by atoms with Gasteiger partial charge < -0.3 is 14.6 Å². The van der Waals surface area contributed by atoms with E-state index in [1.807, 2.05) is 38.2 Å². The first kappa shape index (κ1) is 16.6. The lowest BCUT2D eigenvalue weighted by Crippen LogP contribution is -2.33. The number of benzene rings is 1. The number of aromatic nitrogens is 2. The van der Waals surface area contributed by atoms with Crippen LogP contribution in [0.2, 0.25) is 0 Å². The number of methoxy groups -OCH3 is 1. The first-order valence-electron chi connectivity index (χ1n) is 7.72. The maximum absolute atomic E-state index is 12.6. The lowest BCUT2D eigenvalue weighted by atomic mass is 9.87. The van der Waals surface area contributed by atoms with Gasteiger partial charge in [-0.15, -0.1) is 0 Å². The number of nitrogens with one attached hydrogen (secondary N) is 1. The molecule has 2 heterocycles. The number of hydrogen-bond acceptors (Lipinski definition) is 5. The molecule has 1 atom stereocenters. The Morgan fingerprint density at radius 3 is 2.67 bits per heavy atom. The Hall–Kier alpha value is -2.28. The Kier molecular flexibility index (Phi) is 4.62. The van der Waals surface area contributed by atoms with E-state index in [-0.39, 0.29) is 23.8 Å². The van der Waals surface area contributed by atoms with Crippen molar-refractivity contribution in [2.45, 2.75) is 24.4 Å². The third kappa shape index (κ3) is 2.91. The second kappa shape index (κ2) is 6.68. The molecular weight excluding hydrogens is 326 g/mol. The van der Waals surface area contributed by atoms with Crippen molar-refractivity contribution in [3.8, 4) is 5.75 Å². The molecule has 1 aromatic heterocycles. The molecule has 0 saturated carbocycles. The molecule has 0 aliphatic carbocycles. The predicted molar refractivity (Wildman–Crippen MR) is 94.0 cm³/mol. The van der Waals surface area contributed by atoms with Gasteiger partial charge in [0.25, 0.3) is 5.56 Å². The van der Waals surface area contributed by atoms with Gasteiger partial charge in [0.1, 0.15) is 11.6 Å². The van der Waals surface area contributed by atoms with Crippen molar-refractivity contribution in [2.24, 2.45) is 7.05 Å². The molecule has 0 radical (unpaired) electrons. The van der Waals surface area contributed by atoms with E-state index in [1.165, 1.54) is 11.8 Å². The van der Waals surface area contributed by atoms with E-state index in [4.69, 9.17) is 4.74 Å². The van der Waals surface area contributed by atoms with Gasteiger partial charge in [-0.3, -0.25) is 9.59 Å². The third-order valence-electron chi connectivity index (χ3n) is 4.09. The summed E-state index contributed by atoms with van der Waals surface area (Å²) in [5.74, 6) is 1.68. The molecule has 7 heteroatoms. The number of fused-ring (bicyclic) bond motifs is 1. The second-order valence-corrected chi connectivity index (χ2v) is 6.76. The summed E-state index contributed by atoms with van der Waals surface area (Å²) in [6.45, 7) is 2.00. The van der Waals surface area contributed by atoms with Gasteiger partial charge >= 0.3 is 0 Å². The predicted octanol–water partition coefficient (Wildman–Crippen LogP) is 2.38. The summed E-state index contributed by atoms with van der Waals surface area (Å²) in [6.07, 6.45) is 0.233. The van der Waals surface area contributed by atoms with Crippen LogP contribution in [0.3, 0.4) is 0 Å². The summed E-state index contributed by atoms with van der Waals surface area (Å²) in [6, 6.07) is 7.45. The minimum Gasteiger partial charge on any atom is -0.497 e. The lowest BCUT2D eigenvalue weighted by Gasteiger charge is -2.27. The van der Waals surface area contributed by atoms with Gasteiger partial charge in [-0.1, -0.05) is 30.8 Å². The number of nitrogens with zero attached hydrogens (tertiary/aromatic N) is 2. The van der Waals surface area contributed by atoms with E-state index in [9.17, 15) is 9.59 Å². The SMILES string of the molecule is CCSc1nc(=O)c2c(n1C)NC(=O)CC2c1ccc(OC)cc1. The normalized spacial score (nSPS) is 16.5. The Balaban J connectivity index is 2.13. The van der Waals surface area contributed by atoms with E-state index >= 15 is 0 Å². The van der Waals surface area contributed by atoms with Gasteiger partial charge in [0, 0.05) is 19.4 Å². The van der Waals surface area contributed by atoms with E-state index in [0.717, 1.165) is 17.1 Å². The van der Waals surface area contributed by atoms with Gasteiger partial charge in [-0.25, -0.2) is 0 Å². The molecule has 0 fully saturated rings. The fourth-order valence-corrected chi connectivity index (χ4v) is 3.61. The molecule has 2 aromatic rings. The number of hydrogen-bond donors (Lipinski definition) is 1. The zero-order valence-corrected chi connectivity index (χ0v) is 14.6. The summed E-state index contributed by atoms with van der Waals surface area (Å²) in [5.41, 5.74) is 1.17. The Bertz CT molecular complexity index is 830. The van der Waals surface area contributed by atoms with Crippen LogP contribution in [0.25, 0.3) is 0 Å². The minimum absolute atomic E-state index is 0.100. The largest absolute Gasteiger partial charge is 0.497 e. The Morgan fingerprint density at radius 1 is 1.33 bits per heavy atom. The second-order valence-electron chi connectivity index (χ2n) is 5.53. The number of carbonyl (C=O) groups is 1. The van der Waals surface area contributed by atoms with Crippen molar-refractivity contribution < 1.29 is 9.53 Å². The van der Waals surface area contributed by atoms with Crippen molar-refractivity contribution in [1.82, 2.24) is 9.55 Å². The number of ether oxygens (including phenoxy) is 1. The van der Waals surface area contributed by atoms with Crippen LogP contribution < -0.4 is 15.6 Å². The first-order chi connectivity index (χ1) is 11.5. The molecule has 0 bridgehead atoms. The fourth-order valence-electron chi connectivity index (χ4n) is 2.91. The molecule has 6 nitrogen and oxygen atoms in total. The molecule has 1 amide bonds. The summed E-state index contributed by atoms with van der Waals surface area (Å²) < 4.78 is 6.96. The maximum Gasteiger partial charge on any atom is 0.279 e. The zero-order valence-electron chi connectivity index (χ0n) is 13.8. The molecule has 3 rings (SSSR count). The van der Waals surface area contributed by atoms with Crippen LogP contribution in [0.15, 0.2) is 34.2 Å².